The van der Waals surface area contributed by atoms with Gasteiger partial charge < -0.3 is 10.6 Å². The number of benzene rings is 2. The predicted molar refractivity (Wildman–Crippen MR) is 88.0 cm³/mol. The van der Waals surface area contributed by atoms with E-state index in [1.807, 2.05) is 0 Å². The van der Waals surface area contributed by atoms with Gasteiger partial charge in [0.25, 0.3) is 11.6 Å². The summed E-state index contributed by atoms with van der Waals surface area (Å²) >= 11 is 3.14. The number of hydrogen-bond donors (Lipinski definition) is 2. The lowest BCUT2D eigenvalue weighted by Gasteiger charge is -2.09. The standard InChI is InChI=1S/C15H13BrFN3O3/c16-14-9-10(17)1-6-13(14)15(21)19-8-7-18-11-2-4-12(5-3-11)20(22)23/h1-6,9,18H,7-8H2,(H,19,21). The quantitative estimate of drug-likeness (QED) is 0.456. The molecule has 2 aromatic rings. The summed E-state index contributed by atoms with van der Waals surface area (Å²) in [6, 6.07) is 9.83. The fourth-order valence-corrected chi connectivity index (χ4v) is 2.38. The van der Waals surface area contributed by atoms with E-state index in [9.17, 15) is 19.3 Å². The molecule has 2 N–H and O–H groups in total. The van der Waals surface area contributed by atoms with Crippen LogP contribution in [0, 0.1) is 15.9 Å². The first-order valence-electron chi connectivity index (χ1n) is 6.69. The number of non-ortho nitro benzene ring substituents is 1. The van der Waals surface area contributed by atoms with Crippen LogP contribution >= 0.6 is 15.9 Å². The maximum absolute atomic E-state index is 13.0. The molecule has 6 nitrogen and oxygen atoms in total. The van der Waals surface area contributed by atoms with E-state index in [4.69, 9.17) is 0 Å². The Balaban J connectivity index is 1.80. The minimum atomic E-state index is -0.468. The highest BCUT2D eigenvalue weighted by Crippen LogP contribution is 2.18. The number of nitrogens with one attached hydrogen (secondary N) is 2. The first-order valence-corrected chi connectivity index (χ1v) is 7.48. The first-order chi connectivity index (χ1) is 11.0. The van der Waals surface area contributed by atoms with Crippen LogP contribution in [-0.2, 0) is 0 Å². The summed E-state index contributed by atoms with van der Waals surface area (Å²) in [5.74, 6) is -0.740. The zero-order valence-electron chi connectivity index (χ0n) is 11.9. The number of halogens is 2. The van der Waals surface area contributed by atoms with E-state index in [2.05, 4.69) is 26.6 Å². The van der Waals surface area contributed by atoms with Crippen LogP contribution in [0.1, 0.15) is 10.4 Å². The average molecular weight is 382 g/mol. The van der Waals surface area contributed by atoms with Gasteiger partial charge >= 0.3 is 0 Å². The second kappa shape index (κ2) is 7.68. The molecule has 0 unspecified atom stereocenters. The highest BCUT2D eigenvalue weighted by molar-refractivity contribution is 9.10. The van der Waals surface area contributed by atoms with E-state index in [0.717, 1.165) is 0 Å². The van der Waals surface area contributed by atoms with E-state index in [1.54, 1.807) is 12.1 Å². The molecular formula is C15H13BrFN3O3. The Hall–Kier alpha value is -2.48. The van der Waals surface area contributed by atoms with Gasteiger partial charge in [-0.2, -0.15) is 0 Å². The number of nitro groups is 1. The Bertz CT molecular complexity index is 722. The van der Waals surface area contributed by atoms with Crippen molar-refractivity contribution < 1.29 is 14.1 Å². The molecule has 8 heteroatoms. The molecule has 0 saturated heterocycles. The molecular weight excluding hydrogens is 369 g/mol. The largest absolute Gasteiger partial charge is 0.383 e. The maximum Gasteiger partial charge on any atom is 0.269 e. The summed E-state index contributed by atoms with van der Waals surface area (Å²) in [5.41, 5.74) is 1.08. The molecule has 0 aliphatic rings. The van der Waals surface area contributed by atoms with Gasteiger partial charge in [-0.15, -0.1) is 0 Å². The lowest BCUT2D eigenvalue weighted by atomic mass is 10.2. The van der Waals surface area contributed by atoms with Crippen LogP contribution in [0.4, 0.5) is 15.8 Å². The van der Waals surface area contributed by atoms with Crippen molar-refractivity contribution in [1.82, 2.24) is 5.32 Å². The summed E-state index contributed by atoms with van der Waals surface area (Å²) in [6.45, 7) is 0.794. The Kier molecular flexibility index (Phi) is 5.64. The molecule has 0 bridgehead atoms. The van der Waals surface area contributed by atoms with Crippen molar-refractivity contribution >= 4 is 33.2 Å². The molecule has 0 aliphatic heterocycles. The third-order valence-corrected chi connectivity index (χ3v) is 3.65. The van der Waals surface area contributed by atoms with Gasteiger partial charge in [-0.1, -0.05) is 0 Å². The SMILES string of the molecule is O=C(NCCNc1ccc([N+](=O)[O-])cc1)c1ccc(F)cc1Br. The zero-order chi connectivity index (χ0) is 16.8. The Morgan fingerprint density at radius 3 is 2.48 bits per heavy atom. The number of hydrogen-bond acceptors (Lipinski definition) is 4. The number of amides is 1. The van der Waals surface area contributed by atoms with Crippen LogP contribution in [0.15, 0.2) is 46.9 Å². The molecule has 0 fully saturated rings. The van der Waals surface area contributed by atoms with E-state index < -0.39 is 10.7 Å². The van der Waals surface area contributed by atoms with Crippen molar-refractivity contribution in [1.29, 1.82) is 0 Å². The summed E-state index contributed by atoms with van der Waals surface area (Å²) < 4.78 is 13.4. The van der Waals surface area contributed by atoms with Crippen LogP contribution in [0.25, 0.3) is 0 Å². The van der Waals surface area contributed by atoms with Gasteiger partial charge in [0, 0.05) is 35.4 Å². The molecule has 0 radical (unpaired) electrons. The molecule has 0 aromatic heterocycles. The van der Waals surface area contributed by atoms with Gasteiger partial charge in [0.05, 0.1) is 10.5 Å². The Morgan fingerprint density at radius 2 is 1.87 bits per heavy atom. The van der Waals surface area contributed by atoms with Gasteiger partial charge in [-0.3, -0.25) is 14.9 Å². The number of carbonyl (C=O) groups is 1. The van der Waals surface area contributed by atoms with Crippen LogP contribution in [0.2, 0.25) is 0 Å². The zero-order valence-corrected chi connectivity index (χ0v) is 13.5. The number of nitro benzene ring substituents is 1. The molecule has 1 amide bonds. The second-order valence-corrected chi connectivity index (χ2v) is 5.47. The average Bonchev–Trinajstić information content (AvgIpc) is 2.51. The minimum Gasteiger partial charge on any atom is -0.383 e. The van der Waals surface area contributed by atoms with Crippen LogP contribution in [0.5, 0.6) is 0 Å². The number of rotatable bonds is 6. The third-order valence-electron chi connectivity index (χ3n) is 2.99. The smallest absolute Gasteiger partial charge is 0.269 e. The molecule has 0 saturated carbocycles. The highest BCUT2D eigenvalue weighted by Gasteiger charge is 2.10. The van der Waals surface area contributed by atoms with Gasteiger partial charge in [-0.05, 0) is 46.3 Å². The van der Waals surface area contributed by atoms with Crippen LogP contribution < -0.4 is 10.6 Å². The number of carbonyl (C=O) groups excluding carboxylic acids is 1. The molecule has 2 rings (SSSR count). The highest BCUT2D eigenvalue weighted by atomic mass is 79.9. The van der Waals surface area contributed by atoms with Crippen molar-refractivity contribution in [3.8, 4) is 0 Å². The van der Waals surface area contributed by atoms with Crippen LogP contribution in [-0.4, -0.2) is 23.9 Å². The molecule has 0 heterocycles. The van der Waals surface area contributed by atoms with Gasteiger partial charge in [-0.25, -0.2) is 4.39 Å². The fraction of sp³-hybridized carbons (Fsp3) is 0.133. The van der Waals surface area contributed by atoms with Crippen molar-refractivity contribution in [2.45, 2.75) is 0 Å². The summed E-state index contributed by atoms with van der Waals surface area (Å²) in [7, 11) is 0. The lowest BCUT2D eigenvalue weighted by molar-refractivity contribution is -0.384. The van der Waals surface area contributed by atoms with E-state index >= 15 is 0 Å². The van der Waals surface area contributed by atoms with E-state index in [-0.39, 0.29) is 11.6 Å². The van der Waals surface area contributed by atoms with Gasteiger partial charge in [0.15, 0.2) is 0 Å². The van der Waals surface area contributed by atoms with Gasteiger partial charge in [0.1, 0.15) is 5.82 Å². The predicted octanol–water partition coefficient (Wildman–Crippen LogP) is 3.34. The Morgan fingerprint density at radius 1 is 1.17 bits per heavy atom. The van der Waals surface area contributed by atoms with Crippen molar-refractivity contribution in [2.24, 2.45) is 0 Å². The summed E-state index contributed by atoms with van der Waals surface area (Å²) in [5, 5.41) is 16.3. The monoisotopic (exact) mass is 381 g/mol. The molecule has 2 aromatic carbocycles. The molecule has 23 heavy (non-hydrogen) atoms. The van der Waals surface area contributed by atoms with E-state index in [1.165, 1.54) is 30.3 Å². The molecule has 0 aliphatic carbocycles. The summed E-state index contributed by atoms with van der Waals surface area (Å²) in [6.07, 6.45) is 0. The number of anilines is 1. The van der Waals surface area contributed by atoms with E-state index in [0.29, 0.717) is 28.8 Å². The van der Waals surface area contributed by atoms with Gasteiger partial charge in [0.2, 0.25) is 0 Å². The minimum absolute atomic E-state index is 0.0185. The molecule has 0 spiro atoms. The van der Waals surface area contributed by atoms with Crippen LogP contribution in [0.3, 0.4) is 0 Å². The topological polar surface area (TPSA) is 84.3 Å². The summed E-state index contributed by atoms with van der Waals surface area (Å²) in [4.78, 5) is 22.0. The Labute approximate surface area is 140 Å². The van der Waals surface area contributed by atoms with Crippen molar-refractivity contribution in [3.63, 3.8) is 0 Å². The third kappa shape index (κ3) is 4.75. The first kappa shape index (κ1) is 16.9. The second-order valence-electron chi connectivity index (χ2n) is 4.61. The fourth-order valence-electron chi connectivity index (χ4n) is 1.85. The normalized spacial score (nSPS) is 10.2. The molecule has 120 valence electrons. The maximum atomic E-state index is 13.0. The number of nitrogens with zero attached hydrogens (tertiary/aromatic N) is 1. The lowest BCUT2D eigenvalue weighted by Crippen LogP contribution is -2.29. The molecule has 0 atom stereocenters. The van der Waals surface area contributed by atoms with Crippen molar-refractivity contribution in [2.75, 3.05) is 18.4 Å². The van der Waals surface area contributed by atoms with Crippen molar-refractivity contribution in [3.05, 3.63) is 68.4 Å².